The van der Waals surface area contributed by atoms with Gasteiger partial charge in [0.05, 0.1) is 0 Å². The molecule has 2 aromatic carbocycles. The average molecular weight is 503 g/mol. The van der Waals surface area contributed by atoms with Crippen LogP contribution in [-0.2, 0) is 15.4 Å². The topological polar surface area (TPSA) is 93.8 Å². The predicted octanol–water partition coefficient (Wildman–Crippen LogP) is 6.26. The zero-order chi connectivity index (χ0) is 25.9. The molecule has 0 fully saturated rings. The Kier molecular flexibility index (Phi) is 5.80. The normalized spacial score (nSPS) is 21.1. The summed E-state index contributed by atoms with van der Waals surface area (Å²) >= 11 is 0. The van der Waals surface area contributed by atoms with Gasteiger partial charge in [-0.2, -0.15) is 5.26 Å². The van der Waals surface area contributed by atoms with Gasteiger partial charge in [-0.05, 0) is 70.7 Å². The average Bonchev–Trinajstić information content (AvgIpc) is 2.81. The molecule has 6 nitrogen and oxygen atoms in total. The Morgan fingerprint density at radius 1 is 1.06 bits per heavy atom. The number of anilines is 1. The zero-order valence-electron chi connectivity index (χ0n) is 21.1. The van der Waals surface area contributed by atoms with Crippen LogP contribution in [0.1, 0.15) is 62.8 Å². The van der Waals surface area contributed by atoms with Crippen molar-refractivity contribution in [3.8, 4) is 11.8 Å². The highest BCUT2D eigenvalue weighted by atomic mass is 31.2. The summed E-state index contributed by atoms with van der Waals surface area (Å²) in [5.41, 5.74) is 5.96. The molecule has 36 heavy (non-hydrogen) atoms. The van der Waals surface area contributed by atoms with Gasteiger partial charge >= 0.3 is 7.60 Å². The minimum Gasteiger partial charge on any atom is -0.457 e. The lowest BCUT2D eigenvalue weighted by Crippen LogP contribution is -2.44. The standard InChI is InChI=1S/C29H31N2O4P/c1-28(2)11-13-31-14-12-29(3,4)24-16-19(15-23(28)27(24)31)9-10-20-17-22(26(18-30)36(32,33)34)21-7-5-6-8-25(21)35-20/h5-10,15-17H,11-14H2,1-4H3,(H2,32,33,34)/b10-9+,26-22+. The number of nitrogens with zero attached hydrogens (tertiary/aromatic N) is 2. The van der Waals surface area contributed by atoms with Gasteiger partial charge in [0.2, 0.25) is 0 Å². The summed E-state index contributed by atoms with van der Waals surface area (Å²) in [5.74, 6) is 0.866. The molecule has 0 aromatic heterocycles. The highest BCUT2D eigenvalue weighted by Gasteiger charge is 2.39. The smallest absolute Gasteiger partial charge is 0.367 e. The molecule has 0 atom stereocenters. The van der Waals surface area contributed by atoms with Gasteiger partial charge in [0, 0.05) is 29.9 Å². The van der Waals surface area contributed by atoms with Crippen molar-refractivity contribution in [2.45, 2.75) is 51.4 Å². The number of hydrogen-bond acceptors (Lipinski definition) is 4. The first-order chi connectivity index (χ1) is 16.9. The maximum atomic E-state index is 12.0. The van der Waals surface area contributed by atoms with Crippen LogP contribution >= 0.6 is 7.60 Å². The second-order valence-corrected chi connectivity index (χ2v) is 12.7. The van der Waals surface area contributed by atoms with Crippen LogP contribution in [0.4, 0.5) is 5.69 Å². The maximum Gasteiger partial charge on any atom is 0.367 e. The SMILES string of the molecule is CC1(C)CCN2CCC(C)(C)c3cc(/C=C/C4=CC(=C(/C#N)P(=O)(O)O)/c5ccccc5O4)cc1c32. The van der Waals surface area contributed by atoms with Gasteiger partial charge in [0.25, 0.3) is 0 Å². The molecule has 0 aliphatic carbocycles. The van der Waals surface area contributed by atoms with Crippen LogP contribution in [0.3, 0.4) is 0 Å². The van der Waals surface area contributed by atoms with Crippen molar-refractivity contribution in [2.24, 2.45) is 0 Å². The number of para-hydroxylation sites is 1. The number of fused-ring (bicyclic) bond motifs is 1. The summed E-state index contributed by atoms with van der Waals surface area (Å²) in [6.45, 7) is 11.4. The number of hydrogen-bond donors (Lipinski definition) is 2. The maximum absolute atomic E-state index is 12.0. The van der Waals surface area contributed by atoms with Crippen molar-refractivity contribution in [1.82, 2.24) is 0 Å². The molecule has 5 rings (SSSR count). The summed E-state index contributed by atoms with van der Waals surface area (Å²) < 4.78 is 18.1. The van der Waals surface area contributed by atoms with Crippen LogP contribution in [0.5, 0.6) is 5.75 Å². The largest absolute Gasteiger partial charge is 0.457 e. The van der Waals surface area contributed by atoms with Gasteiger partial charge in [-0.15, -0.1) is 0 Å². The molecule has 0 saturated carbocycles. The molecule has 3 aliphatic heterocycles. The number of ether oxygens (including phenoxy) is 1. The third-order valence-electron chi connectivity index (χ3n) is 7.70. The number of allylic oxidation sites excluding steroid dienone is 4. The summed E-state index contributed by atoms with van der Waals surface area (Å²) in [6, 6.07) is 13.2. The van der Waals surface area contributed by atoms with E-state index in [2.05, 4.69) is 44.7 Å². The van der Waals surface area contributed by atoms with Crippen molar-refractivity contribution in [1.29, 1.82) is 5.26 Å². The van der Waals surface area contributed by atoms with Gasteiger partial charge in [0.1, 0.15) is 22.9 Å². The van der Waals surface area contributed by atoms with Crippen molar-refractivity contribution in [3.05, 3.63) is 81.9 Å². The van der Waals surface area contributed by atoms with Crippen molar-refractivity contribution in [2.75, 3.05) is 18.0 Å². The molecular formula is C29H31N2O4P. The number of benzene rings is 2. The van der Waals surface area contributed by atoms with Crippen LogP contribution in [0, 0.1) is 11.3 Å². The van der Waals surface area contributed by atoms with Crippen LogP contribution in [0.15, 0.2) is 59.6 Å². The Hall–Kier alpha value is -3.10. The summed E-state index contributed by atoms with van der Waals surface area (Å²) in [6.07, 6.45) is 7.53. The quantitative estimate of drug-likeness (QED) is 0.380. The van der Waals surface area contributed by atoms with Gasteiger partial charge < -0.3 is 19.4 Å². The number of rotatable bonds is 3. The second-order valence-electron chi connectivity index (χ2n) is 11.1. The second kappa shape index (κ2) is 8.49. The van der Waals surface area contributed by atoms with E-state index in [9.17, 15) is 19.6 Å². The Balaban J connectivity index is 1.61. The Morgan fingerprint density at radius 3 is 2.25 bits per heavy atom. The van der Waals surface area contributed by atoms with Gasteiger partial charge in [-0.25, -0.2) is 0 Å². The summed E-state index contributed by atoms with van der Waals surface area (Å²) in [7, 11) is -4.77. The molecule has 3 aliphatic rings. The first-order valence-corrected chi connectivity index (χ1v) is 13.8. The van der Waals surface area contributed by atoms with E-state index in [0.717, 1.165) is 31.5 Å². The minimum absolute atomic E-state index is 0.0679. The van der Waals surface area contributed by atoms with E-state index < -0.39 is 12.9 Å². The van der Waals surface area contributed by atoms with Crippen molar-refractivity contribution < 1.29 is 19.1 Å². The van der Waals surface area contributed by atoms with E-state index in [4.69, 9.17) is 4.74 Å². The molecule has 0 unspecified atom stereocenters. The Labute approximate surface area is 212 Å². The Morgan fingerprint density at radius 2 is 1.67 bits per heavy atom. The Bertz CT molecular complexity index is 1390. The van der Waals surface area contributed by atoms with E-state index in [0.29, 0.717) is 17.1 Å². The van der Waals surface area contributed by atoms with Crippen LogP contribution in [0.2, 0.25) is 0 Å². The van der Waals surface area contributed by atoms with Gasteiger partial charge in [-0.1, -0.05) is 52.0 Å². The highest BCUT2D eigenvalue weighted by Crippen LogP contribution is 2.51. The molecule has 3 heterocycles. The van der Waals surface area contributed by atoms with Crippen molar-refractivity contribution >= 4 is 24.9 Å². The van der Waals surface area contributed by atoms with Gasteiger partial charge in [-0.3, -0.25) is 4.57 Å². The first kappa shape index (κ1) is 24.6. The van der Waals surface area contributed by atoms with Crippen molar-refractivity contribution in [3.63, 3.8) is 0 Å². The lowest BCUT2D eigenvalue weighted by molar-refractivity contribution is 0.384. The molecule has 7 heteroatoms. The third-order valence-corrected chi connectivity index (χ3v) is 8.63. The monoisotopic (exact) mass is 502 g/mol. The predicted molar refractivity (Wildman–Crippen MR) is 143 cm³/mol. The van der Waals surface area contributed by atoms with E-state index in [-0.39, 0.29) is 16.4 Å². The van der Waals surface area contributed by atoms with Crippen LogP contribution < -0.4 is 9.64 Å². The molecule has 0 radical (unpaired) electrons. The summed E-state index contributed by atoms with van der Waals surface area (Å²) in [5, 5.41) is 8.97. The van der Waals surface area contributed by atoms with Crippen LogP contribution in [0.25, 0.3) is 11.6 Å². The summed E-state index contributed by atoms with van der Waals surface area (Å²) in [4.78, 5) is 22.1. The third kappa shape index (κ3) is 4.22. The van der Waals surface area contributed by atoms with E-state index in [1.165, 1.54) is 22.9 Å². The molecular weight excluding hydrogens is 471 g/mol. The zero-order valence-corrected chi connectivity index (χ0v) is 22.0. The highest BCUT2D eigenvalue weighted by molar-refractivity contribution is 7.57. The molecule has 186 valence electrons. The molecule has 2 aromatic rings. The van der Waals surface area contributed by atoms with Crippen LogP contribution in [-0.4, -0.2) is 22.9 Å². The molecule has 0 spiro atoms. The minimum atomic E-state index is -4.77. The molecule has 0 saturated heterocycles. The van der Waals surface area contributed by atoms with E-state index in [1.54, 1.807) is 30.3 Å². The fraction of sp³-hybridized carbons (Fsp3) is 0.345. The van der Waals surface area contributed by atoms with E-state index in [1.807, 2.05) is 12.2 Å². The molecule has 0 bridgehead atoms. The van der Waals surface area contributed by atoms with Gasteiger partial charge in [0.15, 0.2) is 0 Å². The molecule has 2 N–H and O–H groups in total. The first-order valence-electron chi connectivity index (χ1n) is 12.2. The fourth-order valence-electron chi connectivity index (χ4n) is 5.45. The lowest BCUT2D eigenvalue weighted by atomic mass is 9.69. The fourth-order valence-corrected chi connectivity index (χ4v) is 6.08. The number of nitriles is 1. The molecule has 0 amide bonds. The lowest BCUT2D eigenvalue weighted by Gasteiger charge is -2.48. The van der Waals surface area contributed by atoms with E-state index >= 15 is 0 Å².